The van der Waals surface area contributed by atoms with Gasteiger partial charge in [0.25, 0.3) is 5.56 Å². The molecule has 0 N–H and O–H groups in total. The van der Waals surface area contributed by atoms with Crippen LogP contribution < -0.4 is 10.5 Å². The second kappa shape index (κ2) is 5.43. The Morgan fingerprint density at radius 2 is 2.00 bits per heavy atom. The molecule has 0 spiro atoms. The van der Waals surface area contributed by atoms with Crippen LogP contribution in [0.5, 0.6) is 0 Å². The molecule has 1 saturated heterocycles. The lowest BCUT2D eigenvalue weighted by Crippen LogP contribution is -2.50. The minimum absolute atomic E-state index is 0.0402. The number of fused-ring (bicyclic) bond motifs is 1. The van der Waals surface area contributed by atoms with E-state index >= 15 is 0 Å². The monoisotopic (exact) mass is 324 g/mol. The van der Waals surface area contributed by atoms with E-state index in [4.69, 9.17) is 0 Å². The summed E-state index contributed by atoms with van der Waals surface area (Å²) in [7, 11) is 2.04. The van der Waals surface area contributed by atoms with Crippen molar-refractivity contribution in [1.82, 2.24) is 24.3 Å². The van der Waals surface area contributed by atoms with Gasteiger partial charge in [-0.25, -0.2) is 14.6 Å². The number of aryl methyl sites for hydroxylation is 3. The molecular weight excluding hydrogens is 304 g/mol. The molecule has 0 aromatic carbocycles. The minimum Gasteiger partial charge on any atom is -0.354 e. The van der Waals surface area contributed by atoms with E-state index in [2.05, 4.69) is 37.5 Å². The number of anilines is 1. The molecule has 0 radical (unpaired) electrons. The Kier molecular flexibility index (Phi) is 3.37. The smallest absolute Gasteiger partial charge is 0.266 e. The summed E-state index contributed by atoms with van der Waals surface area (Å²) in [4.78, 5) is 23.0. The highest BCUT2D eigenvalue weighted by atomic mass is 16.1. The number of nitrogens with zero attached hydrogens (tertiary/aromatic N) is 6. The zero-order chi connectivity index (χ0) is 16.8. The topological polar surface area (TPSA) is 68.8 Å². The minimum atomic E-state index is -0.0402. The third-order valence-electron chi connectivity index (χ3n) is 4.73. The number of aromatic nitrogens is 5. The average Bonchev–Trinajstić information content (AvgIpc) is 2.81. The lowest BCUT2D eigenvalue weighted by molar-refractivity contribution is 0.332. The highest BCUT2D eigenvalue weighted by Gasteiger charge is 2.30. The van der Waals surface area contributed by atoms with Crippen LogP contribution in [0, 0.1) is 19.8 Å². The van der Waals surface area contributed by atoms with E-state index in [1.165, 1.54) is 5.69 Å². The molecular formula is C17H20N6O. The Bertz CT molecular complexity index is 967. The number of rotatable bonds is 3. The van der Waals surface area contributed by atoms with Crippen LogP contribution in [0.3, 0.4) is 0 Å². The van der Waals surface area contributed by atoms with Gasteiger partial charge in [0.2, 0.25) is 0 Å². The summed E-state index contributed by atoms with van der Waals surface area (Å²) >= 11 is 0. The zero-order valence-electron chi connectivity index (χ0n) is 14.1. The molecule has 0 atom stereocenters. The van der Waals surface area contributed by atoms with Gasteiger partial charge in [-0.05, 0) is 26.0 Å². The Morgan fingerprint density at radius 1 is 1.21 bits per heavy atom. The molecule has 7 nitrogen and oxygen atoms in total. The van der Waals surface area contributed by atoms with E-state index in [0.717, 1.165) is 35.6 Å². The summed E-state index contributed by atoms with van der Waals surface area (Å²) in [5, 5.41) is 4.32. The van der Waals surface area contributed by atoms with Gasteiger partial charge in [-0.1, -0.05) is 0 Å². The Hall–Kier alpha value is -2.70. The first-order chi connectivity index (χ1) is 11.5. The lowest BCUT2D eigenvalue weighted by atomic mass is 10.00. The molecule has 3 aromatic heterocycles. The predicted molar refractivity (Wildman–Crippen MR) is 92.2 cm³/mol. The van der Waals surface area contributed by atoms with Crippen LogP contribution in [0.2, 0.25) is 0 Å². The fraction of sp³-hybridized carbons (Fsp3) is 0.412. The Morgan fingerprint density at radius 3 is 2.79 bits per heavy atom. The standard InChI is InChI=1S/C17H20N6O/c1-11-4-5-15(24)23(20-11)9-13-7-22(8-13)17-16-14(18-10-19-17)6-12(2)21(16)3/h4-6,10,13H,7-9H2,1-3H3. The highest BCUT2D eigenvalue weighted by Crippen LogP contribution is 2.30. The van der Waals surface area contributed by atoms with E-state index in [9.17, 15) is 4.79 Å². The van der Waals surface area contributed by atoms with E-state index in [1.807, 2.05) is 14.0 Å². The molecule has 0 saturated carbocycles. The first kappa shape index (κ1) is 14.9. The van der Waals surface area contributed by atoms with Crippen LogP contribution in [0.4, 0.5) is 5.82 Å². The molecule has 0 amide bonds. The van der Waals surface area contributed by atoms with Crippen molar-refractivity contribution in [2.24, 2.45) is 13.0 Å². The van der Waals surface area contributed by atoms with Crippen molar-refractivity contribution in [2.45, 2.75) is 20.4 Å². The maximum atomic E-state index is 11.9. The molecule has 0 aliphatic carbocycles. The third kappa shape index (κ3) is 2.36. The fourth-order valence-corrected chi connectivity index (χ4v) is 3.30. The molecule has 1 aliphatic rings. The normalized spacial score (nSPS) is 15.0. The summed E-state index contributed by atoms with van der Waals surface area (Å²) in [6, 6.07) is 5.41. The number of hydrogen-bond acceptors (Lipinski definition) is 5. The van der Waals surface area contributed by atoms with Gasteiger partial charge >= 0.3 is 0 Å². The SMILES string of the molecule is Cc1ccc(=O)n(CC2CN(c3ncnc4cc(C)n(C)c34)C2)n1. The van der Waals surface area contributed by atoms with E-state index in [0.29, 0.717) is 12.5 Å². The first-order valence-electron chi connectivity index (χ1n) is 8.09. The molecule has 4 rings (SSSR count). The number of hydrogen-bond donors (Lipinski definition) is 0. The highest BCUT2D eigenvalue weighted by molar-refractivity contribution is 5.87. The summed E-state index contributed by atoms with van der Waals surface area (Å²) in [6.07, 6.45) is 1.62. The van der Waals surface area contributed by atoms with Gasteiger partial charge in [0.1, 0.15) is 11.8 Å². The Labute approximate surface area is 139 Å². The molecule has 0 unspecified atom stereocenters. The van der Waals surface area contributed by atoms with Crippen molar-refractivity contribution >= 4 is 16.9 Å². The molecule has 1 aliphatic heterocycles. The van der Waals surface area contributed by atoms with Gasteiger partial charge in [0.05, 0.1) is 17.8 Å². The van der Waals surface area contributed by atoms with Crippen LogP contribution in [-0.4, -0.2) is 37.4 Å². The van der Waals surface area contributed by atoms with Gasteiger partial charge < -0.3 is 9.47 Å². The van der Waals surface area contributed by atoms with Crippen LogP contribution >= 0.6 is 0 Å². The molecule has 7 heteroatoms. The summed E-state index contributed by atoms with van der Waals surface area (Å²) in [6.45, 7) is 6.37. The van der Waals surface area contributed by atoms with Crippen LogP contribution in [0.15, 0.2) is 29.3 Å². The third-order valence-corrected chi connectivity index (χ3v) is 4.73. The van der Waals surface area contributed by atoms with E-state index in [1.54, 1.807) is 23.1 Å². The molecule has 0 bridgehead atoms. The fourth-order valence-electron chi connectivity index (χ4n) is 3.30. The lowest BCUT2D eigenvalue weighted by Gasteiger charge is -2.40. The van der Waals surface area contributed by atoms with Gasteiger partial charge in [0, 0.05) is 37.8 Å². The quantitative estimate of drug-likeness (QED) is 0.726. The average molecular weight is 324 g/mol. The molecule has 24 heavy (non-hydrogen) atoms. The van der Waals surface area contributed by atoms with Crippen LogP contribution in [0.25, 0.3) is 11.0 Å². The second-order valence-electron chi connectivity index (χ2n) is 6.54. The van der Waals surface area contributed by atoms with Crippen LogP contribution in [-0.2, 0) is 13.6 Å². The predicted octanol–water partition coefficient (Wildman–Crippen LogP) is 1.28. The van der Waals surface area contributed by atoms with Crippen molar-refractivity contribution in [2.75, 3.05) is 18.0 Å². The van der Waals surface area contributed by atoms with Crippen molar-refractivity contribution < 1.29 is 0 Å². The maximum absolute atomic E-state index is 11.9. The first-order valence-corrected chi connectivity index (χ1v) is 8.09. The molecule has 124 valence electrons. The van der Waals surface area contributed by atoms with Crippen LogP contribution in [0.1, 0.15) is 11.4 Å². The van der Waals surface area contributed by atoms with Crippen molar-refractivity contribution in [3.05, 3.63) is 46.3 Å². The summed E-state index contributed by atoms with van der Waals surface area (Å²) in [5.74, 6) is 1.37. The summed E-state index contributed by atoms with van der Waals surface area (Å²) in [5.41, 5.74) is 4.03. The van der Waals surface area contributed by atoms with E-state index in [-0.39, 0.29) is 5.56 Å². The van der Waals surface area contributed by atoms with E-state index < -0.39 is 0 Å². The van der Waals surface area contributed by atoms with Gasteiger partial charge in [-0.2, -0.15) is 5.10 Å². The van der Waals surface area contributed by atoms with Crippen molar-refractivity contribution in [3.8, 4) is 0 Å². The van der Waals surface area contributed by atoms with Gasteiger partial charge in [0.15, 0.2) is 5.82 Å². The molecule has 4 heterocycles. The Balaban J connectivity index is 1.54. The van der Waals surface area contributed by atoms with Crippen molar-refractivity contribution in [3.63, 3.8) is 0 Å². The van der Waals surface area contributed by atoms with Gasteiger partial charge in [-0.3, -0.25) is 4.79 Å². The van der Waals surface area contributed by atoms with Gasteiger partial charge in [-0.15, -0.1) is 0 Å². The van der Waals surface area contributed by atoms with Crippen molar-refractivity contribution in [1.29, 1.82) is 0 Å². The largest absolute Gasteiger partial charge is 0.354 e. The molecule has 1 fully saturated rings. The summed E-state index contributed by atoms with van der Waals surface area (Å²) < 4.78 is 3.70. The second-order valence-corrected chi connectivity index (χ2v) is 6.54. The maximum Gasteiger partial charge on any atom is 0.266 e. The zero-order valence-corrected chi connectivity index (χ0v) is 14.1. The molecule has 3 aromatic rings.